The van der Waals surface area contributed by atoms with E-state index in [1.54, 1.807) is 42.5 Å². The summed E-state index contributed by atoms with van der Waals surface area (Å²) < 4.78 is 5.31. The fraction of sp³-hybridized carbons (Fsp3) is 0.0667. The second kappa shape index (κ2) is 7.11. The van der Waals surface area contributed by atoms with Gasteiger partial charge in [-0.05, 0) is 36.4 Å². The van der Waals surface area contributed by atoms with Crippen LogP contribution in [0.2, 0.25) is 10.0 Å². The molecule has 2 aromatic rings. The lowest BCUT2D eigenvalue weighted by Crippen LogP contribution is -2.20. The number of ether oxygens (including phenoxy) is 1. The van der Waals surface area contributed by atoms with Gasteiger partial charge in [0, 0.05) is 5.56 Å². The summed E-state index contributed by atoms with van der Waals surface area (Å²) in [6, 6.07) is 11.4. The Morgan fingerprint density at radius 3 is 2.52 bits per heavy atom. The van der Waals surface area contributed by atoms with E-state index in [4.69, 9.17) is 27.9 Å². The monoisotopic (exact) mass is 323 g/mol. The van der Waals surface area contributed by atoms with E-state index < -0.39 is 0 Å². The van der Waals surface area contributed by atoms with E-state index in [1.807, 2.05) is 0 Å². The van der Waals surface area contributed by atoms with Crippen molar-refractivity contribution in [3.63, 3.8) is 0 Å². The van der Waals surface area contributed by atoms with Crippen LogP contribution in [-0.4, -0.2) is 18.8 Å². The summed E-state index contributed by atoms with van der Waals surface area (Å²) >= 11 is 11.8. The third-order valence-electron chi connectivity index (χ3n) is 2.61. The molecule has 21 heavy (non-hydrogen) atoms. The molecule has 0 saturated heterocycles. The highest BCUT2D eigenvalue weighted by molar-refractivity contribution is 6.43. The summed E-state index contributed by atoms with van der Waals surface area (Å²) in [6.45, 7) is -0.177. The Labute approximate surface area is 131 Å². The molecule has 4 nitrogen and oxygen atoms in total. The average Bonchev–Trinajstić information content (AvgIpc) is 2.50. The Hall–Kier alpha value is -2.04. The number of anilines is 1. The van der Waals surface area contributed by atoms with Crippen molar-refractivity contribution in [3.05, 3.63) is 58.1 Å². The van der Waals surface area contributed by atoms with Gasteiger partial charge in [0.05, 0.1) is 15.7 Å². The van der Waals surface area contributed by atoms with Crippen LogP contribution < -0.4 is 10.1 Å². The third-order valence-corrected chi connectivity index (χ3v) is 3.43. The lowest BCUT2D eigenvalue weighted by molar-refractivity contribution is -0.118. The van der Waals surface area contributed by atoms with Crippen LogP contribution in [0.25, 0.3) is 0 Å². The molecule has 0 spiro atoms. The molecule has 0 aliphatic rings. The topological polar surface area (TPSA) is 55.4 Å². The van der Waals surface area contributed by atoms with Crippen molar-refractivity contribution < 1.29 is 14.3 Å². The SMILES string of the molecule is O=Cc1ccc(OCC(=O)Nc2cccc(Cl)c2Cl)cc1. The maximum atomic E-state index is 11.8. The van der Waals surface area contributed by atoms with Gasteiger partial charge in [-0.15, -0.1) is 0 Å². The Morgan fingerprint density at radius 1 is 1.14 bits per heavy atom. The first kappa shape index (κ1) is 15.4. The predicted molar refractivity (Wildman–Crippen MR) is 82.4 cm³/mol. The molecule has 0 radical (unpaired) electrons. The van der Waals surface area contributed by atoms with Gasteiger partial charge in [-0.3, -0.25) is 9.59 Å². The van der Waals surface area contributed by atoms with E-state index >= 15 is 0 Å². The normalized spacial score (nSPS) is 10.0. The van der Waals surface area contributed by atoms with Crippen molar-refractivity contribution in [2.24, 2.45) is 0 Å². The maximum Gasteiger partial charge on any atom is 0.262 e. The lowest BCUT2D eigenvalue weighted by atomic mass is 10.2. The number of aldehydes is 1. The summed E-state index contributed by atoms with van der Waals surface area (Å²) in [6.07, 6.45) is 0.734. The molecule has 108 valence electrons. The van der Waals surface area contributed by atoms with Crippen molar-refractivity contribution in [2.45, 2.75) is 0 Å². The van der Waals surface area contributed by atoms with Crippen LogP contribution >= 0.6 is 23.2 Å². The standard InChI is InChI=1S/C15H11Cl2NO3/c16-12-2-1-3-13(15(12)17)18-14(20)9-21-11-6-4-10(8-19)5-7-11/h1-8H,9H2,(H,18,20). The Balaban J connectivity index is 1.92. The third kappa shape index (κ3) is 4.21. The van der Waals surface area contributed by atoms with Gasteiger partial charge in [-0.1, -0.05) is 29.3 Å². The molecular weight excluding hydrogens is 313 g/mol. The van der Waals surface area contributed by atoms with Crippen LogP contribution in [0.3, 0.4) is 0 Å². The minimum atomic E-state index is -0.362. The largest absolute Gasteiger partial charge is 0.484 e. The number of hydrogen-bond donors (Lipinski definition) is 1. The summed E-state index contributed by atoms with van der Waals surface area (Å²) in [5, 5.41) is 3.25. The number of benzene rings is 2. The van der Waals surface area contributed by atoms with Crippen LogP contribution in [0.1, 0.15) is 10.4 Å². The number of amides is 1. The zero-order chi connectivity index (χ0) is 15.2. The van der Waals surface area contributed by atoms with Crippen molar-refractivity contribution in [1.29, 1.82) is 0 Å². The summed E-state index contributed by atoms with van der Waals surface area (Å²) in [5.74, 6) is 0.131. The molecule has 0 saturated carbocycles. The smallest absolute Gasteiger partial charge is 0.262 e. The van der Waals surface area contributed by atoms with E-state index in [9.17, 15) is 9.59 Å². The lowest BCUT2D eigenvalue weighted by Gasteiger charge is -2.09. The van der Waals surface area contributed by atoms with Gasteiger partial charge in [-0.2, -0.15) is 0 Å². The molecule has 1 amide bonds. The Morgan fingerprint density at radius 2 is 1.86 bits per heavy atom. The zero-order valence-electron chi connectivity index (χ0n) is 10.8. The van der Waals surface area contributed by atoms with E-state index in [1.165, 1.54) is 0 Å². The van der Waals surface area contributed by atoms with Crippen LogP contribution in [0.5, 0.6) is 5.75 Å². The van der Waals surface area contributed by atoms with E-state index in [2.05, 4.69) is 5.32 Å². The minimum absolute atomic E-state index is 0.177. The summed E-state index contributed by atoms with van der Waals surface area (Å²) in [4.78, 5) is 22.3. The van der Waals surface area contributed by atoms with Crippen molar-refractivity contribution >= 4 is 41.1 Å². The molecule has 0 aliphatic carbocycles. The predicted octanol–water partition coefficient (Wildman–Crippen LogP) is 3.82. The minimum Gasteiger partial charge on any atom is -0.484 e. The van der Waals surface area contributed by atoms with Crippen LogP contribution in [0.4, 0.5) is 5.69 Å². The van der Waals surface area contributed by atoms with Crippen LogP contribution in [0, 0.1) is 0 Å². The van der Waals surface area contributed by atoms with Crippen LogP contribution in [0.15, 0.2) is 42.5 Å². The van der Waals surface area contributed by atoms with Gasteiger partial charge in [-0.25, -0.2) is 0 Å². The zero-order valence-corrected chi connectivity index (χ0v) is 12.3. The fourth-order valence-corrected chi connectivity index (χ4v) is 1.93. The number of hydrogen-bond acceptors (Lipinski definition) is 3. The van der Waals surface area contributed by atoms with Crippen LogP contribution in [-0.2, 0) is 4.79 Å². The number of carbonyl (C=O) groups is 2. The molecule has 0 unspecified atom stereocenters. The van der Waals surface area contributed by atoms with Crippen molar-refractivity contribution in [1.82, 2.24) is 0 Å². The first-order chi connectivity index (χ1) is 10.1. The van der Waals surface area contributed by atoms with Crippen molar-refractivity contribution in [3.8, 4) is 5.75 Å². The Kier molecular flexibility index (Phi) is 5.20. The molecule has 0 fully saturated rings. The maximum absolute atomic E-state index is 11.8. The number of nitrogens with one attached hydrogen (secondary N) is 1. The van der Waals surface area contributed by atoms with Gasteiger partial charge < -0.3 is 10.1 Å². The molecular formula is C15H11Cl2NO3. The highest BCUT2D eigenvalue weighted by Crippen LogP contribution is 2.29. The molecule has 2 aromatic carbocycles. The molecule has 0 heterocycles. The summed E-state index contributed by atoms with van der Waals surface area (Å²) in [7, 11) is 0. The van der Waals surface area contributed by atoms with Crippen molar-refractivity contribution in [2.75, 3.05) is 11.9 Å². The highest BCUT2D eigenvalue weighted by Gasteiger charge is 2.08. The summed E-state index contributed by atoms with van der Waals surface area (Å²) in [5.41, 5.74) is 0.964. The molecule has 0 atom stereocenters. The Bertz CT molecular complexity index is 656. The first-order valence-electron chi connectivity index (χ1n) is 6.02. The fourth-order valence-electron chi connectivity index (χ4n) is 1.58. The number of rotatable bonds is 5. The average molecular weight is 324 g/mol. The highest BCUT2D eigenvalue weighted by atomic mass is 35.5. The second-order valence-electron chi connectivity index (χ2n) is 4.13. The molecule has 0 aromatic heterocycles. The molecule has 2 rings (SSSR count). The molecule has 1 N–H and O–H groups in total. The molecule has 0 aliphatic heterocycles. The van der Waals surface area contributed by atoms with Gasteiger partial charge >= 0.3 is 0 Å². The van der Waals surface area contributed by atoms with Gasteiger partial charge in [0.2, 0.25) is 0 Å². The quantitative estimate of drug-likeness (QED) is 0.851. The number of halogens is 2. The number of carbonyl (C=O) groups excluding carboxylic acids is 2. The first-order valence-corrected chi connectivity index (χ1v) is 6.77. The van der Waals surface area contributed by atoms with E-state index in [0.29, 0.717) is 22.0 Å². The molecule has 6 heteroatoms. The van der Waals surface area contributed by atoms with E-state index in [-0.39, 0.29) is 17.5 Å². The van der Waals surface area contributed by atoms with Gasteiger partial charge in [0.25, 0.3) is 5.91 Å². The van der Waals surface area contributed by atoms with Gasteiger partial charge in [0.1, 0.15) is 12.0 Å². The molecule has 0 bridgehead atoms. The van der Waals surface area contributed by atoms with Gasteiger partial charge in [0.15, 0.2) is 6.61 Å². The van der Waals surface area contributed by atoms with E-state index in [0.717, 1.165) is 6.29 Å². The second-order valence-corrected chi connectivity index (χ2v) is 4.91.